The predicted octanol–water partition coefficient (Wildman–Crippen LogP) is 3.33. The third-order valence-corrected chi connectivity index (χ3v) is 5.24. The van der Waals surface area contributed by atoms with Crippen LogP contribution in [0.5, 0.6) is 0 Å². The highest BCUT2D eigenvalue weighted by Crippen LogP contribution is 2.28. The van der Waals surface area contributed by atoms with Crippen LogP contribution >= 0.6 is 11.8 Å². The van der Waals surface area contributed by atoms with E-state index in [1.54, 1.807) is 23.9 Å². The predicted molar refractivity (Wildman–Crippen MR) is 91.2 cm³/mol. The van der Waals surface area contributed by atoms with Gasteiger partial charge in [0.25, 0.3) is 0 Å². The highest BCUT2D eigenvalue weighted by molar-refractivity contribution is 7.99. The number of rotatable bonds is 4. The molecule has 24 heavy (non-hydrogen) atoms. The van der Waals surface area contributed by atoms with Crippen LogP contribution in [0.1, 0.15) is 31.6 Å². The van der Waals surface area contributed by atoms with Crippen LogP contribution in [0.3, 0.4) is 0 Å². The zero-order chi connectivity index (χ0) is 17.1. The summed E-state index contributed by atoms with van der Waals surface area (Å²) in [6, 6.07) is 5.99. The lowest BCUT2D eigenvalue weighted by atomic mass is 9.97. The molecule has 3 rings (SSSR count). The van der Waals surface area contributed by atoms with Gasteiger partial charge in [0.05, 0.1) is 11.2 Å². The Balaban J connectivity index is 1.72. The van der Waals surface area contributed by atoms with Gasteiger partial charge in [0.15, 0.2) is 0 Å². The van der Waals surface area contributed by atoms with Crippen LogP contribution in [-0.4, -0.2) is 45.5 Å². The maximum absolute atomic E-state index is 13.0. The fraction of sp³-hybridized carbons (Fsp3) is 0.471. The van der Waals surface area contributed by atoms with Crippen molar-refractivity contribution in [3.05, 3.63) is 36.0 Å². The summed E-state index contributed by atoms with van der Waals surface area (Å²) in [6.45, 7) is 3.31. The van der Waals surface area contributed by atoms with Gasteiger partial charge in [0.2, 0.25) is 17.6 Å². The van der Waals surface area contributed by atoms with Crippen molar-refractivity contribution < 1.29 is 13.7 Å². The molecule has 1 aliphatic heterocycles. The summed E-state index contributed by atoms with van der Waals surface area (Å²) in [5, 5.41) is 3.96. The Morgan fingerprint density at radius 3 is 2.88 bits per heavy atom. The van der Waals surface area contributed by atoms with Gasteiger partial charge in [-0.05, 0) is 50.3 Å². The van der Waals surface area contributed by atoms with Crippen molar-refractivity contribution in [3.63, 3.8) is 0 Å². The van der Waals surface area contributed by atoms with Crippen molar-refractivity contribution in [2.75, 3.05) is 19.3 Å². The molecule has 5 nitrogen and oxygen atoms in total. The Bertz CT molecular complexity index is 704. The third-order valence-electron chi connectivity index (χ3n) is 4.33. The molecule has 1 aromatic heterocycles. The molecule has 1 amide bonds. The van der Waals surface area contributed by atoms with E-state index in [0.29, 0.717) is 23.8 Å². The van der Waals surface area contributed by atoms with E-state index in [2.05, 4.69) is 10.1 Å². The van der Waals surface area contributed by atoms with Crippen molar-refractivity contribution in [1.82, 2.24) is 15.0 Å². The van der Waals surface area contributed by atoms with Crippen LogP contribution < -0.4 is 0 Å². The van der Waals surface area contributed by atoms with Crippen LogP contribution in [-0.2, 0) is 4.79 Å². The van der Waals surface area contributed by atoms with Gasteiger partial charge in [0, 0.05) is 18.7 Å². The number of nitrogens with zero attached hydrogens (tertiary/aromatic N) is 3. The van der Waals surface area contributed by atoms with Crippen molar-refractivity contribution >= 4 is 17.7 Å². The van der Waals surface area contributed by atoms with Crippen molar-refractivity contribution in [3.8, 4) is 11.4 Å². The van der Waals surface area contributed by atoms with Gasteiger partial charge in [-0.15, -0.1) is 0 Å². The number of carbonyl (C=O) groups excluding carboxylic acids is 1. The van der Waals surface area contributed by atoms with Crippen LogP contribution in [0.15, 0.2) is 28.8 Å². The fourth-order valence-corrected chi connectivity index (χ4v) is 3.20. The van der Waals surface area contributed by atoms with E-state index < -0.39 is 0 Å². The minimum absolute atomic E-state index is 0.0405. The maximum atomic E-state index is 13.0. The van der Waals surface area contributed by atoms with E-state index in [9.17, 15) is 9.18 Å². The van der Waals surface area contributed by atoms with Gasteiger partial charge < -0.3 is 9.42 Å². The molecule has 128 valence electrons. The SMILES string of the molecule is CS[C@@H](C)C(=O)N1CCC[C@@H](c2nc(-c3ccc(F)cc3)no2)C1. The lowest BCUT2D eigenvalue weighted by molar-refractivity contribution is -0.131. The smallest absolute Gasteiger partial charge is 0.235 e. The number of thioether (sulfide) groups is 1. The monoisotopic (exact) mass is 349 g/mol. The Morgan fingerprint density at radius 1 is 1.42 bits per heavy atom. The molecule has 2 heterocycles. The number of piperidine rings is 1. The number of hydrogen-bond acceptors (Lipinski definition) is 5. The van der Waals surface area contributed by atoms with Crippen LogP contribution in [0.25, 0.3) is 11.4 Å². The zero-order valence-electron chi connectivity index (χ0n) is 13.7. The summed E-state index contributed by atoms with van der Waals surface area (Å²) in [4.78, 5) is 18.7. The minimum Gasteiger partial charge on any atom is -0.341 e. The first kappa shape index (κ1) is 17.0. The first-order valence-corrected chi connectivity index (χ1v) is 9.28. The van der Waals surface area contributed by atoms with Gasteiger partial charge in [-0.1, -0.05) is 5.16 Å². The number of likely N-dealkylation sites (tertiary alicyclic amines) is 1. The molecule has 1 saturated heterocycles. The average Bonchev–Trinajstić information content (AvgIpc) is 3.11. The summed E-state index contributed by atoms with van der Waals surface area (Å²) in [5.41, 5.74) is 0.714. The number of carbonyl (C=O) groups is 1. The van der Waals surface area contributed by atoms with Crippen LogP contribution in [0, 0.1) is 5.82 Å². The average molecular weight is 349 g/mol. The standard InChI is InChI=1S/C17H20FN3O2S/c1-11(24-2)17(22)21-9-3-4-13(10-21)16-19-15(20-23-16)12-5-7-14(18)8-6-12/h5-8,11,13H,3-4,9-10H2,1-2H3/t11-,13+/m0/s1. The van der Waals surface area contributed by atoms with Crippen LogP contribution in [0.4, 0.5) is 4.39 Å². The summed E-state index contributed by atoms with van der Waals surface area (Å²) in [5.74, 6) is 0.908. The summed E-state index contributed by atoms with van der Waals surface area (Å²) in [6.07, 6.45) is 3.78. The number of benzene rings is 1. The second kappa shape index (κ2) is 7.34. The first-order chi connectivity index (χ1) is 11.6. The van der Waals surface area contributed by atoms with Crippen LogP contribution in [0.2, 0.25) is 0 Å². The largest absolute Gasteiger partial charge is 0.341 e. The molecular weight excluding hydrogens is 329 g/mol. The van der Waals surface area contributed by atoms with E-state index in [-0.39, 0.29) is 22.9 Å². The summed E-state index contributed by atoms with van der Waals surface area (Å²) in [7, 11) is 0. The van der Waals surface area contributed by atoms with Gasteiger partial charge in [-0.25, -0.2) is 4.39 Å². The molecule has 7 heteroatoms. The quantitative estimate of drug-likeness (QED) is 0.847. The molecule has 2 aromatic rings. The number of aromatic nitrogens is 2. The molecular formula is C17H20FN3O2S. The Labute approximate surface area is 144 Å². The molecule has 0 spiro atoms. The molecule has 0 unspecified atom stereocenters. The number of amides is 1. The molecule has 0 N–H and O–H groups in total. The first-order valence-electron chi connectivity index (χ1n) is 7.99. The second-order valence-corrected chi connectivity index (χ2v) is 7.14. The molecule has 0 aliphatic carbocycles. The van der Waals surface area contributed by atoms with Crippen molar-refractivity contribution in [2.45, 2.75) is 30.9 Å². The molecule has 0 saturated carbocycles. The molecule has 0 radical (unpaired) electrons. The summed E-state index contributed by atoms with van der Waals surface area (Å²) < 4.78 is 18.4. The Morgan fingerprint density at radius 2 is 2.17 bits per heavy atom. The topological polar surface area (TPSA) is 59.2 Å². The second-order valence-electron chi connectivity index (χ2n) is 5.96. The lowest BCUT2D eigenvalue weighted by Gasteiger charge is -2.32. The van der Waals surface area contributed by atoms with E-state index in [4.69, 9.17) is 4.52 Å². The van der Waals surface area contributed by atoms with E-state index in [1.165, 1.54) is 12.1 Å². The Kier molecular flexibility index (Phi) is 5.18. The maximum Gasteiger partial charge on any atom is 0.235 e. The van der Waals surface area contributed by atoms with Gasteiger partial charge >= 0.3 is 0 Å². The van der Waals surface area contributed by atoms with E-state index >= 15 is 0 Å². The highest BCUT2D eigenvalue weighted by Gasteiger charge is 2.30. The van der Waals surface area contributed by atoms with Gasteiger partial charge in [-0.2, -0.15) is 16.7 Å². The van der Waals surface area contributed by atoms with Crippen molar-refractivity contribution in [1.29, 1.82) is 0 Å². The third kappa shape index (κ3) is 3.61. The highest BCUT2D eigenvalue weighted by atomic mass is 32.2. The van der Waals surface area contributed by atoms with Gasteiger partial charge in [0.1, 0.15) is 5.82 Å². The van der Waals surface area contributed by atoms with Gasteiger partial charge in [-0.3, -0.25) is 4.79 Å². The zero-order valence-corrected chi connectivity index (χ0v) is 14.6. The number of hydrogen-bond donors (Lipinski definition) is 0. The van der Waals surface area contributed by atoms with E-state index in [0.717, 1.165) is 19.4 Å². The molecule has 2 atom stereocenters. The van der Waals surface area contributed by atoms with Crippen molar-refractivity contribution in [2.24, 2.45) is 0 Å². The molecule has 0 bridgehead atoms. The number of halogens is 1. The molecule has 1 aromatic carbocycles. The lowest BCUT2D eigenvalue weighted by Crippen LogP contribution is -2.42. The van der Waals surface area contributed by atoms with E-state index in [1.807, 2.05) is 18.1 Å². The molecule has 1 fully saturated rings. The fourth-order valence-electron chi connectivity index (χ4n) is 2.85. The molecule has 1 aliphatic rings. The minimum atomic E-state index is -0.299. The summed E-state index contributed by atoms with van der Waals surface area (Å²) >= 11 is 1.55. The Hall–Kier alpha value is -1.89. The normalized spacial score (nSPS) is 19.3.